The molecular formula is C6H10O6. The molecule has 0 amide bonds. The van der Waals surface area contributed by atoms with Gasteiger partial charge in [-0.25, -0.2) is 4.79 Å². The molecular weight excluding hydrogens is 168 g/mol. The summed E-state index contributed by atoms with van der Waals surface area (Å²) >= 11 is 0. The van der Waals surface area contributed by atoms with Crippen LogP contribution in [0.4, 0.5) is 0 Å². The molecule has 70 valence electrons. The average molecular weight is 178 g/mol. The van der Waals surface area contributed by atoms with Crippen LogP contribution < -0.4 is 0 Å². The van der Waals surface area contributed by atoms with Crippen molar-refractivity contribution < 1.29 is 30.0 Å². The van der Waals surface area contributed by atoms with Crippen LogP contribution in [-0.4, -0.2) is 44.6 Å². The lowest BCUT2D eigenvalue weighted by atomic mass is 9.96. The first-order valence-corrected chi connectivity index (χ1v) is 3.21. The van der Waals surface area contributed by atoms with E-state index in [-0.39, 0.29) is 0 Å². The summed E-state index contributed by atoms with van der Waals surface area (Å²) < 4.78 is 0. The van der Waals surface area contributed by atoms with Crippen molar-refractivity contribution in [1.29, 1.82) is 0 Å². The van der Waals surface area contributed by atoms with Gasteiger partial charge in [-0.15, -0.1) is 0 Å². The molecule has 0 aliphatic heterocycles. The van der Waals surface area contributed by atoms with E-state index < -0.39 is 37.0 Å². The van der Waals surface area contributed by atoms with Crippen LogP contribution in [0.5, 0.6) is 0 Å². The zero-order valence-electron chi connectivity index (χ0n) is 6.23. The van der Waals surface area contributed by atoms with E-state index in [9.17, 15) is 9.59 Å². The van der Waals surface area contributed by atoms with E-state index in [1.165, 1.54) is 0 Å². The molecule has 0 aliphatic rings. The molecule has 6 heteroatoms. The van der Waals surface area contributed by atoms with Crippen LogP contribution >= 0.6 is 0 Å². The minimum atomic E-state index is -2.36. The van der Waals surface area contributed by atoms with E-state index in [1.54, 1.807) is 0 Å². The monoisotopic (exact) mass is 178 g/mol. The molecule has 0 spiro atoms. The van der Waals surface area contributed by atoms with Crippen molar-refractivity contribution >= 4 is 11.9 Å². The average Bonchev–Trinajstić information content (AvgIpc) is 1.85. The Hall–Kier alpha value is -1.14. The van der Waals surface area contributed by atoms with Crippen LogP contribution in [-0.2, 0) is 9.59 Å². The predicted octanol–water partition coefficient (Wildman–Crippen LogP) is -1.34. The molecule has 0 radical (unpaired) electrons. The Morgan fingerprint density at radius 1 is 1.25 bits per heavy atom. The van der Waals surface area contributed by atoms with Crippen LogP contribution in [0.15, 0.2) is 0 Å². The summed E-state index contributed by atoms with van der Waals surface area (Å²) in [6.45, 7) is -0.573. The summed E-state index contributed by atoms with van der Waals surface area (Å²) in [7, 11) is 0. The number of carboxylic acids is 2. The maximum absolute atomic E-state index is 10.3. The van der Waals surface area contributed by atoms with E-state index in [2.05, 4.69) is 0 Å². The summed E-state index contributed by atoms with van der Waals surface area (Å²) in [6, 6.07) is 0. The van der Waals surface area contributed by atoms with Gasteiger partial charge in [0, 0.05) is 13.0 Å². The molecule has 0 heterocycles. The molecule has 0 aromatic carbocycles. The Balaban J connectivity index is 4.38. The number of aliphatic carboxylic acids is 2. The second-order valence-corrected chi connectivity index (χ2v) is 2.38. The highest BCUT2D eigenvalue weighted by Crippen LogP contribution is 2.14. The highest BCUT2D eigenvalue weighted by atomic mass is 16.4. The first kappa shape index (κ1) is 10.9. The topological polar surface area (TPSA) is 115 Å². The zero-order valence-corrected chi connectivity index (χ0v) is 6.23. The lowest BCUT2D eigenvalue weighted by Gasteiger charge is -2.19. The highest BCUT2D eigenvalue weighted by molar-refractivity contribution is 5.83. The van der Waals surface area contributed by atoms with Gasteiger partial charge in [0.15, 0.2) is 5.60 Å². The van der Waals surface area contributed by atoms with E-state index in [0.717, 1.165) is 0 Å². The summed E-state index contributed by atoms with van der Waals surface area (Å²) in [6.07, 6.45) is -1.41. The Kier molecular flexibility index (Phi) is 3.65. The van der Waals surface area contributed by atoms with E-state index in [4.69, 9.17) is 20.4 Å². The quantitative estimate of drug-likeness (QED) is 0.414. The number of hydrogen-bond donors (Lipinski definition) is 4. The second-order valence-electron chi connectivity index (χ2n) is 2.38. The third-order valence-electron chi connectivity index (χ3n) is 1.37. The van der Waals surface area contributed by atoms with Crippen LogP contribution in [0.1, 0.15) is 12.8 Å². The van der Waals surface area contributed by atoms with Gasteiger partial charge in [-0.2, -0.15) is 0 Å². The predicted molar refractivity (Wildman–Crippen MR) is 36.5 cm³/mol. The second kappa shape index (κ2) is 4.03. The molecule has 0 rings (SSSR count). The van der Waals surface area contributed by atoms with Crippen molar-refractivity contribution in [1.82, 2.24) is 0 Å². The first-order chi connectivity index (χ1) is 5.42. The molecule has 0 bridgehead atoms. The minimum absolute atomic E-state index is 0.491. The number of carboxylic acid groups (broad SMARTS) is 2. The molecule has 1 atom stereocenters. The maximum atomic E-state index is 10.3. The van der Waals surface area contributed by atoms with Crippen molar-refractivity contribution in [2.75, 3.05) is 6.61 Å². The number of carbonyl (C=O) groups is 2. The fraction of sp³-hybridized carbons (Fsp3) is 0.667. The molecule has 0 saturated heterocycles. The Bertz CT molecular complexity index is 188. The summed E-state index contributed by atoms with van der Waals surface area (Å²) in [5.74, 6) is -3.06. The van der Waals surface area contributed by atoms with Gasteiger partial charge in [-0.3, -0.25) is 4.79 Å². The highest BCUT2D eigenvalue weighted by Gasteiger charge is 2.37. The van der Waals surface area contributed by atoms with Crippen molar-refractivity contribution in [2.24, 2.45) is 0 Å². The Morgan fingerprint density at radius 2 is 1.75 bits per heavy atom. The number of aliphatic hydroxyl groups excluding tert-OH is 1. The standard InChI is InChI=1S/C6H10O6/c7-2-1-6(12,5(10)11)3-4(8)9/h7,12H,1-3H2,(H,8,9)(H,10,11). The van der Waals surface area contributed by atoms with Crippen molar-refractivity contribution in [3.63, 3.8) is 0 Å². The van der Waals surface area contributed by atoms with Gasteiger partial charge in [0.1, 0.15) is 0 Å². The van der Waals surface area contributed by atoms with Crippen molar-refractivity contribution in [2.45, 2.75) is 18.4 Å². The Morgan fingerprint density at radius 3 is 2.00 bits per heavy atom. The molecule has 1 unspecified atom stereocenters. The van der Waals surface area contributed by atoms with E-state index >= 15 is 0 Å². The van der Waals surface area contributed by atoms with E-state index in [1.807, 2.05) is 0 Å². The van der Waals surface area contributed by atoms with Gasteiger partial charge in [-0.1, -0.05) is 0 Å². The van der Waals surface area contributed by atoms with Gasteiger partial charge in [0.05, 0.1) is 6.42 Å². The van der Waals surface area contributed by atoms with Crippen molar-refractivity contribution in [3.05, 3.63) is 0 Å². The van der Waals surface area contributed by atoms with Gasteiger partial charge >= 0.3 is 11.9 Å². The number of hydrogen-bond acceptors (Lipinski definition) is 4. The maximum Gasteiger partial charge on any atom is 0.336 e. The molecule has 0 fully saturated rings. The zero-order chi connectivity index (χ0) is 9.78. The lowest BCUT2D eigenvalue weighted by Crippen LogP contribution is -2.41. The third kappa shape index (κ3) is 2.85. The molecule has 0 saturated carbocycles. The lowest BCUT2D eigenvalue weighted by molar-refractivity contribution is -0.166. The molecule has 4 N–H and O–H groups in total. The molecule has 0 aromatic rings. The third-order valence-corrected chi connectivity index (χ3v) is 1.37. The van der Waals surface area contributed by atoms with Crippen molar-refractivity contribution in [3.8, 4) is 0 Å². The molecule has 6 nitrogen and oxygen atoms in total. The smallest absolute Gasteiger partial charge is 0.336 e. The van der Waals surface area contributed by atoms with Crippen LogP contribution in [0, 0.1) is 0 Å². The van der Waals surface area contributed by atoms with Gasteiger partial charge in [0.25, 0.3) is 0 Å². The fourth-order valence-electron chi connectivity index (χ4n) is 0.706. The largest absolute Gasteiger partial charge is 0.481 e. The van der Waals surface area contributed by atoms with Crippen LogP contribution in [0.25, 0.3) is 0 Å². The van der Waals surface area contributed by atoms with E-state index in [0.29, 0.717) is 0 Å². The summed E-state index contributed by atoms with van der Waals surface area (Å²) in [4.78, 5) is 20.4. The van der Waals surface area contributed by atoms with Crippen LogP contribution in [0.3, 0.4) is 0 Å². The normalized spacial score (nSPS) is 15.2. The summed E-state index contributed by atoms with van der Waals surface area (Å²) in [5.41, 5.74) is -2.36. The Labute approximate surface area is 68.1 Å². The molecule has 0 aliphatic carbocycles. The number of aliphatic hydroxyl groups is 2. The molecule has 0 aromatic heterocycles. The molecule has 12 heavy (non-hydrogen) atoms. The van der Waals surface area contributed by atoms with Gasteiger partial charge < -0.3 is 20.4 Å². The SMILES string of the molecule is O=C(O)CC(O)(CCO)C(=O)O. The minimum Gasteiger partial charge on any atom is -0.481 e. The fourth-order valence-corrected chi connectivity index (χ4v) is 0.706. The van der Waals surface area contributed by atoms with Crippen LogP contribution in [0.2, 0.25) is 0 Å². The summed E-state index contributed by atoms with van der Waals surface area (Å²) in [5, 5.41) is 34.1. The first-order valence-electron chi connectivity index (χ1n) is 3.21. The van der Waals surface area contributed by atoms with Gasteiger partial charge in [-0.05, 0) is 0 Å². The number of rotatable bonds is 5. The van der Waals surface area contributed by atoms with Gasteiger partial charge in [0.2, 0.25) is 0 Å².